The van der Waals surface area contributed by atoms with Crippen LogP contribution in [0.15, 0.2) is 54.9 Å². The predicted molar refractivity (Wildman–Crippen MR) is 92.6 cm³/mol. The molecule has 1 aromatic heterocycles. The third-order valence-corrected chi connectivity index (χ3v) is 3.50. The van der Waals surface area contributed by atoms with Crippen molar-refractivity contribution >= 4 is 11.8 Å². The van der Waals surface area contributed by atoms with E-state index in [-0.39, 0.29) is 11.8 Å². The van der Waals surface area contributed by atoms with Crippen molar-refractivity contribution in [2.24, 2.45) is 0 Å². The summed E-state index contributed by atoms with van der Waals surface area (Å²) in [5.74, 6) is -0.515. The molecule has 6 nitrogen and oxygen atoms in total. The van der Waals surface area contributed by atoms with Gasteiger partial charge in [0.15, 0.2) is 0 Å². The van der Waals surface area contributed by atoms with Gasteiger partial charge < -0.3 is 16.0 Å². The van der Waals surface area contributed by atoms with Crippen LogP contribution in [0.2, 0.25) is 0 Å². The SMILES string of the molecule is CNCCNC(=O)C(Cc1ccccc1)NC(=O)c1cccnc1. The van der Waals surface area contributed by atoms with Gasteiger partial charge >= 0.3 is 0 Å². The van der Waals surface area contributed by atoms with Gasteiger partial charge in [-0.1, -0.05) is 30.3 Å². The Labute approximate surface area is 141 Å². The molecule has 2 amide bonds. The van der Waals surface area contributed by atoms with Crippen molar-refractivity contribution in [1.29, 1.82) is 0 Å². The molecule has 0 bridgehead atoms. The number of nitrogens with one attached hydrogen (secondary N) is 3. The lowest BCUT2D eigenvalue weighted by Crippen LogP contribution is -2.49. The van der Waals surface area contributed by atoms with Crippen LogP contribution < -0.4 is 16.0 Å². The lowest BCUT2D eigenvalue weighted by atomic mass is 10.0. The van der Waals surface area contributed by atoms with Crippen LogP contribution >= 0.6 is 0 Å². The molecule has 0 saturated heterocycles. The third kappa shape index (κ3) is 5.48. The Balaban J connectivity index is 2.06. The standard InChI is InChI=1S/C18H22N4O2/c1-19-10-11-21-18(24)16(12-14-6-3-2-4-7-14)22-17(23)15-8-5-9-20-13-15/h2-9,13,16,19H,10-12H2,1H3,(H,21,24)(H,22,23). The van der Waals surface area contributed by atoms with Gasteiger partial charge in [-0.15, -0.1) is 0 Å². The Morgan fingerprint density at radius 3 is 2.54 bits per heavy atom. The van der Waals surface area contributed by atoms with Crippen LogP contribution in [-0.4, -0.2) is 43.0 Å². The van der Waals surface area contributed by atoms with Crippen LogP contribution in [0, 0.1) is 0 Å². The van der Waals surface area contributed by atoms with Crippen LogP contribution in [0.3, 0.4) is 0 Å². The lowest BCUT2D eigenvalue weighted by molar-refractivity contribution is -0.122. The molecule has 1 unspecified atom stereocenters. The monoisotopic (exact) mass is 326 g/mol. The van der Waals surface area contributed by atoms with Gasteiger partial charge in [-0.25, -0.2) is 0 Å². The van der Waals surface area contributed by atoms with Gasteiger partial charge in [0.2, 0.25) is 5.91 Å². The summed E-state index contributed by atoms with van der Waals surface area (Å²) in [6.07, 6.45) is 3.51. The molecule has 6 heteroatoms. The fourth-order valence-electron chi connectivity index (χ4n) is 2.23. The molecule has 0 spiro atoms. The molecule has 24 heavy (non-hydrogen) atoms. The second-order valence-electron chi connectivity index (χ2n) is 5.35. The van der Waals surface area contributed by atoms with E-state index < -0.39 is 6.04 Å². The number of nitrogens with zero attached hydrogens (tertiary/aromatic N) is 1. The molecule has 2 aromatic rings. The van der Waals surface area contributed by atoms with Crippen LogP contribution in [0.1, 0.15) is 15.9 Å². The fourth-order valence-corrected chi connectivity index (χ4v) is 2.23. The summed E-state index contributed by atoms with van der Waals surface area (Å²) in [4.78, 5) is 28.7. The first kappa shape index (κ1) is 17.6. The molecule has 126 valence electrons. The molecule has 0 aliphatic heterocycles. The topological polar surface area (TPSA) is 83.1 Å². The summed E-state index contributed by atoms with van der Waals surface area (Å²) < 4.78 is 0. The van der Waals surface area contributed by atoms with Gasteiger partial charge in [0, 0.05) is 31.9 Å². The average molecular weight is 326 g/mol. The minimum absolute atomic E-state index is 0.202. The second-order valence-corrected chi connectivity index (χ2v) is 5.35. The van der Waals surface area contributed by atoms with Crippen molar-refractivity contribution in [2.75, 3.05) is 20.1 Å². The highest BCUT2D eigenvalue weighted by atomic mass is 16.2. The highest BCUT2D eigenvalue weighted by molar-refractivity contribution is 5.97. The van der Waals surface area contributed by atoms with E-state index in [2.05, 4.69) is 20.9 Å². The van der Waals surface area contributed by atoms with Gasteiger partial charge in [0.1, 0.15) is 6.04 Å². The summed E-state index contributed by atoms with van der Waals surface area (Å²) >= 11 is 0. The second kappa shape index (κ2) is 9.42. The first-order valence-electron chi connectivity index (χ1n) is 7.88. The number of amides is 2. The van der Waals surface area contributed by atoms with Crippen LogP contribution in [0.25, 0.3) is 0 Å². The molecule has 1 heterocycles. The molecular formula is C18H22N4O2. The highest BCUT2D eigenvalue weighted by Gasteiger charge is 2.21. The average Bonchev–Trinajstić information content (AvgIpc) is 2.63. The fraction of sp³-hybridized carbons (Fsp3) is 0.278. The van der Waals surface area contributed by atoms with E-state index in [1.54, 1.807) is 18.3 Å². The summed E-state index contributed by atoms with van der Waals surface area (Å²) in [5.41, 5.74) is 1.41. The van der Waals surface area contributed by atoms with E-state index in [1.165, 1.54) is 6.20 Å². The Morgan fingerprint density at radius 1 is 1.08 bits per heavy atom. The first-order chi connectivity index (χ1) is 11.7. The molecule has 3 N–H and O–H groups in total. The van der Waals surface area contributed by atoms with Gasteiger partial charge in [-0.05, 0) is 24.7 Å². The summed E-state index contributed by atoms with van der Waals surface area (Å²) in [7, 11) is 1.82. The number of carbonyl (C=O) groups excluding carboxylic acids is 2. The molecule has 1 aromatic carbocycles. The molecule has 0 saturated carbocycles. The molecule has 1 atom stereocenters. The van der Waals surface area contributed by atoms with Crippen molar-refractivity contribution in [3.05, 3.63) is 66.0 Å². The maximum atomic E-state index is 12.4. The molecule has 0 fully saturated rings. The van der Waals surface area contributed by atoms with Gasteiger partial charge in [0.05, 0.1) is 5.56 Å². The third-order valence-electron chi connectivity index (χ3n) is 3.50. The van der Waals surface area contributed by atoms with Crippen molar-refractivity contribution < 1.29 is 9.59 Å². The number of rotatable bonds is 8. The first-order valence-corrected chi connectivity index (χ1v) is 7.88. The van der Waals surface area contributed by atoms with Crippen LogP contribution in [-0.2, 0) is 11.2 Å². The number of hydrogen-bond acceptors (Lipinski definition) is 4. The quantitative estimate of drug-likeness (QED) is 0.626. The Morgan fingerprint density at radius 2 is 1.88 bits per heavy atom. The number of hydrogen-bond donors (Lipinski definition) is 3. The van der Waals surface area contributed by atoms with E-state index in [0.717, 1.165) is 5.56 Å². The Hall–Kier alpha value is -2.73. The number of aromatic nitrogens is 1. The molecular weight excluding hydrogens is 304 g/mol. The zero-order chi connectivity index (χ0) is 17.2. The van der Waals surface area contributed by atoms with E-state index in [9.17, 15) is 9.59 Å². The number of pyridine rings is 1. The van der Waals surface area contributed by atoms with Crippen molar-refractivity contribution in [3.8, 4) is 0 Å². The molecule has 0 aliphatic rings. The van der Waals surface area contributed by atoms with Crippen molar-refractivity contribution in [2.45, 2.75) is 12.5 Å². The van der Waals surface area contributed by atoms with Crippen molar-refractivity contribution in [1.82, 2.24) is 20.9 Å². The number of likely N-dealkylation sites (N-methyl/N-ethyl adjacent to an activating group) is 1. The van der Waals surface area contributed by atoms with Gasteiger partial charge in [0.25, 0.3) is 5.91 Å². The highest BCUT2D eigenvalue weighted by Crippen LogP contribution is 2.05. The maximum absolute atomic E-state index is 12.4. The smallest absolute Gasteiger partial charge is 0.253 e. The zero-order valence-corrected chi connectivity index (χ0v) is 13.7. The lowest BCUT2D eigenvalue weighted by Gasteiger charge is -2.18. The van der Waals surface area contributed by atoms with E-state index in [0.29, 0.717) is 25.1 Å². The number of carbonyl (C=O) groups is 2. The molecule has 0 radical (unpaired) electrons. The van der Waals surface area contributed by atoms with Gasteiger partial charge in [-0.2, -0.15) is 0 Å². The zero-order valence-electron chi connectivity index (χ0n) is 13.7. The molecule has 2 rings (SSSR count). The van der Waals surface area contributed by atoms with E-state index >= 15 is 0 Å². The number of benzene rings is 1. The summed E-state index contributed by atoms with van der Waals surface area (Å²) in [5, 5.41) is 8.59. The Bertz CT molecular complexity index is 647. The van der Waals surface area contributed by atoms with E-state index in [4.69, 9.17) is 0 Å². The summed E-state index contributed by atoms with van der Waals surface area (Å²) in [6.45, 7) is 1.17. The summed E-state index contributed by atoms with van der Waals surface area (Å²) in [6, 6.07) is 12.3. The predicted octanol–water partition coefficient (Wildman–Crippen LogP) is 0.758. The van der Waals surface area contributed by atoms with Crippen molar-refractivity contribution in [3.63, 3.8) is 0 Å². The Kier molecular flexibility index (Phi) is 6.91. The minimum Gasteiger partial charge on any atom is -0.353 e. The normalized spacial score (nSPS) is 11.5. The van der Waals surface area contributed by atoms with Gasteiger partial charge in [-0.3, -0.25) is 14.6 Å². The molecule has 0 aliphatic carbocycles. The minimum atomic E-state index is -0.642. The largest absolute Gasteiger partial charge is 0.353 e. The van der Waals surface area contributed by atoms with Crippen LogP contribution in [0.4, 0.5) is 0 Å². The van der Waals surface area contributed by atoms with Crippen LogP contribution in [0.5, 0.6) is 0 Å². The maximum Gasteiger partial charge on any atom is 0.253 e. The van der Waals surface area contributed by atoms with E-state index in [1.807, 2.05) is 37.4 Å².